The van der Waals surface area contributed by atoms with E-state index in [1.54, 1.807) is 14.2 Å². The van der Waals surface area contributed by atoms with Gasteiger partial charge in [0.1, 0.15) is 0 Å². The standard InChI is InChI=1S/C22H24N2O3S/c1-15(28-21-11-9-17-6-4-5-7-18(17)24-21)22(25)23-13-12-16-8-10-19(26-2)20(14-16)27-3/h4-11,14-15H,12-13H2,1-3H3,(H,23,25). The lowest BCUT2D eigenvalue weighted by atomic mass is 10.1. The maximum atomic E-state index is 12.4. The molecule has 0 spiro atoms. The van der Waals surface area contributed by atoms with E-state index >= 15 is 0 Å². The molecule has 5 nitrogen and oxygen atoms in total. The van der Waals surface area contributed by atoms with Crippen molar-refractivity contribution in [2.45, 2.75) is 23.6 Å². The van der Waals surface area contributed by atoms with Crippen molar-refractivity contribution in [3.63, 3.8) is 0 Å². The van der Waals surface area contributed by atoms with Gasteiger partial charge in [0, 0.05) is 11.9 Å². The van der Waals surface area contributed by atoms with Crippen molar-refractivity contribution in [3.8, 4) is 11.5 Å². The number of thioether (sulfide) groups is 1. The topological polar surface area (TPSA) is 60.5 Å². The van der Waals surface area contributed by atoms with E-state index in [2.05, 4.69) is 10.3 Å². The van der Waals surface area contributed by atoms with Crippen LogP contribution in [0.15, 0.2) is 59.6 Å². The fourth-order valence-electron chi connectivity index (χ4n) is 2.86. The summed E-state index contributed by atoms with van der Waals surface area (Å²) >= 11 is 1.46. The maximum Gasteiger partial charge on any atom is 0.233 e. The third-order valence-corrected chi connectivity index (χ3v) is 5.44. The number of para-hydroxylation sites is 1. The zero-order valence-corrected chi connectivity index (χ0v) is 17.1. The highest BCUT2D eigenvalue weighted by atomic mass is 32.2. The van der Waals surface area contributed by atoms with E-state index in [1.807, 2.05) is 61.5 Å². The molecule has 1 N–H and O–H groups in total. The Kier molecular flexibility index (Phi) is 6.76. The first-order valence-corrected chi connectivity index (χ1v) is 9.99. The highest BCUT2D eigenvalue weighted by Crippen LogP contribution is 2.27. The number of aromatic nitrogens is 1. The highest BCUT2D eigenvalue weighted by molar-refractivity contribution is 8.00. The smallest absolute Gasteiger partial charge is 0.233 e. The van der Waals surface area contributed by atoms with Gasteiger partial charge in [0.25, 0.3) is 0 Å². The molecule has 1 amide bonds. The number of carbonyl (C=O) groups excluding carboxylic acids is 1. The molecule has 1 aromatic heterocycles. The van der Waals surface area contributed by atoms with Gasteiger partial charge in [-0.25, -0.2) is 4.98 Å². The van der Waals surface area contributed by atoms with Gasteiger partial charge in [-0.05, 0) is 43.2 Å². The minimum atomic E-state index is -0.223. The van der Waals surface area contributed by atoms with Crippen molar-refractivity contribution in [3.05, 3.63) is 60.2 Å². The number of fused-ring (bicyclic) bond motifs is 1. The second-order valence-corrected chi connectivity index (χ2v) is 7.69. The molecule has 0 radical (unpaired) electrons. The first-order chi connectivity index (χ1) is 13.6. The molecule has 6 heteroatoms. The summed E-state index contributed by atoms with van der Waals surface area (Å²) in [6.07, 6.45) is 0.720. The molecule has 0 bridgehead atoms. The van der Waals surface area contributed by atoms with E-state index in [0.717, 1.165) is 27.9 Å². The Labute approximate surface area is 169 Å². The Hall–Kier alpha value is -2.73. The quantitative estimate of drug-likeness (QED) is 0.581. The fraction of sp³-hybridized carbons (Fsp3) is 0.273. The number of ether oxygens (including phenoxy) is 2. The largest absolute Gasteiger partial charge is 0.493 e. The van der Waals surface area contributed by atoms with Crippen LogP contribution in [0.2, 0.25) is 0 Å². The van der Waals surface area contributed by atoms with Crippen molar-refractivity contribution in [2.24, 2.45) is 0 Å². The van der Waals surface area contributed by atoms with Crippen molar-refractivity contribution in [1.82, 2.24) is 10.3 Å². The molecular formula is C22H24N2O3S. The lowest BCUT2D eigenvalue weighted by Gasteiger charge is -2.13. The minimum Gasteiger partial charge on any atom is -0.493 e. The molecule has 2 aromatic carbocycles. The average Bonchev–Trinajstić information content (AvgIpc) is 2.73. The second kappa shape index (κ2) is 9.46. The summed E-state index contributed by atoms with van der Waals surface area (Å²) in [7, 11) is 3.23. The van der Waals surface area contributed by atoms with Crippen LogP contribution in [0.5, 0.6) is 11.5 Å². The average molecular weight is 397 g/mol. The molecule has 0 aliphatic rings. The van der Waals surface area contributed by atoms with Gasteiger partial charge < -0.3 is 14.8 Å². The molecule has 3 rings (SSSR count). The van der Waals surface area contributed by atoms with Gasteiger partial charge in [0.15, 0.2) is 11.5 Å². The van der Waals surface area contributed by atoms with E-state index in [4.69, 9.17) is 9.47 Å². The predicted octanol–water partition coefficient (Wildman–Crippen LogP) is 4.09. The Balaban J connectivity index is 1.52. The number of nitrogens with zero attached hydrogens (tertiary/aromatic N) is 1. The molecule has 0 aliphatic heterocycles. The maximum absolute atomic E-state index is 12.4. The van der Waals surface area contributed by atoms with E-state index in [0.29, 0.717) is 18.0 Å². The van der Waals surface area contributed by atoms with Gasteiger partial charge in [-0.1, -0.05) is 42.1 Å². The number of methoxy groups -OCH3 is 2. The Morgan fingerprint density at radius 3 is 2.64 bits per heavy atom. The molecule has 146 valence electrons. The Bertz CT molecular complexity index is 961. The van der Waals surface area contributed by atoms with Crippen molar-refractivity contribution >= 4 is 28.6 Å². The zero-order valence-electron chi connectivity index (χ0n) is 16.3. The second-order valence-electron chi connectivity index (χ2n) is 6.33. The molecular weight excluding hydrogens is 372 g/mol. The molecule has 0 aliphatic carbocycles. The van der Waals surface area contributed by atoms with Gasteiger partial charge in [0.2, 0.25) is 5.91 Å². The van der Waals surface area contributed by atoms with Crippen molar-refractivity contribution in [1.29, 1.82) is 0 Å². The van der Waals surface area contributed by atoms with Gasteiger partial charge in [-0.2, -0.15) is 0 Å². The number of pyridine rings is 1. The SMILES string of the molecule is COc1ccc(CCNC(=O)C(C)Sc2ccc3ccccc3n2)cc1OC. The number of nitrogens with one attached hydrogen (secondary N) is 1. The van der Waals surface area contributed by atoms with Crippen LogP contribution in [-0.2, 0) is 11.2 Å². The van der Waals surface area contributed by atoms with Crippen LogP contribution in [0.1, 0.15) is 12.5 Å². The van der Waals surface area contributed by atoms with Crippen LogP contribution in [0.4, 0.5) is 0 Å². The molecule has 3 aromatic rings. The van der Waals surface area contributed by atoms with Crippen molar-refractivity contribution < 1.29 is 14.3 Å². The van der Waals surface area contributed by atoms with Crippen LogP contribution in [0, 0.1) is 0 Å². The Morgan fingerprint density at radius 1 is 1.07 bits per heavy atom. The lowest BCUT2D eigenvalue weighted by Crippen LogP contribution is -2.32. The number of benzene rings is 2. The zero-order chi connectivity index (χ0) is 19.9. The molecule has 1 atom stereocenters. The molecule has 1 heterocycles. The molecule has 0 fully saturated rings. The first-order valence-electron chi connectivity index (χ1n) is 9.12. The third-order valence-electron chi connectivity index (χ3n) is 4.40. The molecule has 0 saturated heterocycles. The van der Waals surface area contributed by atoms with E-state index < -0.39 is 0 Å². The van der Waals surface area contributed by atoms with Gasteiger partial charge in [-0.15, -0.1) is 0 Å². The summed E-state index contributed by atoms with van der Waals surface area (Å²) in [6.45, 7) is 2.46. The van der Waals surface area contributed by atoms with E-state index in [-0.39, 0.29) is 11.2 Å². The normalized spacial score (nSPS) is 11.8. The van der Waals surface area contributed by atoms with Gasteiger partial charge >= 0.3 is 0 Å². The van der Waals surface area contributed by atoms with Crippen LogP contribution < -0.4 is 14.8 Å². The fourth-order valence-corrected chi connectivity index (χ4v) is 3.71. The van der Waals surface area contributed by atoms with E-state index in [1.165, 1.54) is 11.8 Å². The summed E-state index contributed by atoms with van der Waals surface area (Å²) in [4.78, 5) is 17.0. The van der Waals surface area contributed by atoms with Gasteiger partial charge in [0.05, 0.1) is 30.0 Å². The first kappa shape index (κ1) is 20.0. The summed E-state index contributed by atoms with van der Waals surface area (Å²) < 4.78 is 10.6. The molecule has 28 heavy (non-hydrogen) atoms. The highest BCUT2D eigenvalue weighted by Gasteiger charge is 2.15. The third kappa shape index (κ3) is 4.95. The van der Waals surface area contributed by atoms with Crippen LogP contribution >= 0.6 is 11.8 Å². The Morgan fingerprint density at radius 2 is 1.86 bits per heavy atom. The summed E-state index contributed by atoms with van der Waals surface area (Å²) in [5.74, 6) is 1.39. The summed E-state index contributed by atoms with van der Waals surface area (Å²) in [6, 6.07) is 17.7. The molecule has 0 saturated carbocycles. The summed E-state index contributed by atoms with van der Waals surface area (Å²) in [5.41, 5.74) is 2.02. The predicted molar refractivity (Wildman–Crippen MR) is 113 cm³/mol. The lowest BCUT2D eigenvalue weighted by molar-refractivity contribution is -0.120. The molecule has 1 unspecified atom stereocenters. The number of rotatable bonds is 8. The summed E-state index contributed by atoms with van der Waals surface area (Å²) in [5, 5.41) is 4.72. The number of hydrogen-bond donors (Lipinski definition) is 1. The number of hydrogen-bond acceptors (Lipinski definition) is 5. The number of carbonyl (C=O) groups is 1. The monoisotopic (exact) mass is 396 g/mol. The number of amides is 1. The van der Waals surface area contributed by atoms with Crippen molar-refractivity contribution in [2.75, 3.05) is 20.8 Å². The van der Waals surface area contributed by atoms with Crippen LogP contribution in [0.3, 0.4) is 0 Å². The van der Waals surface area contributed by atoms with Crippen LogP contribution in [0.25, 0.3) is 10.9 Å². The van der Waals surface area contributed by atoms with Gasteiger partial charge in [-0.3, -0.25) is 4.79 Å². The van der Waals surface area contributed by atoms with E-state index in [9.17, 15) is 4.79 Å². The minimum absolute atomic E-state index is 0.000403. The van der Waals surface area contributed by atoms with Crippen LogP contribution in [-0.4, -0.2) is 36.9 Å².